The van der Waals surface area contributed by atoms with Gasteiger partial charge in [-0.15, -0.1) is 0 Å². The van der Waals surface area contributed by atoms with E-state index in [0.717, 1.165) is 11.3 Å². The number of halogens is 1. The van der Waals surface area contributed by atoms with Crippen molar-refractivity contribution in [3.8, 4) is 28.4 Å². The maximum absolute atomic E-state index is 13.8. The van der Waals surface area contributed by atoms with Gasteiger partial charge in [-0.25, -0.2) is 19.3 Å². The van der Waals surface area contributed by atoms with Gasteiger partial charge in [0.1, 0.15) is 11.6 Å². The molecule has 0 atom stereocenters. The van der Waals surface area contributed by atoms with Crippen molar-refractivity contribution in [2.75, 3.05) is 45.9 Å². The second-order valence-electron chi connectivity index (χ2n) is 10.4. The van der Waals surface area contributed by atoms with Crippen molar-refractivity contribution in [3.63, 3.8) is 0 Å². The Labute approximate surface area is 249 Å². The van der Waals surface area contributed by atoms with Crippen LogP contribution >= 0.6 is 0 Å². The molecule has 0 bridgehead atoms. The van der Waals surface area contributed by atoms with E-state index < -0.39 is 11.7 Å². The molecule has 0 spiro atoms. The molecule has 0 radical (unpaired) electrons. The van der Waals surface area contributed by atoms with Crippen molar-refractivity contribution in [1.82, 2.24) is 25.3 Å². The number of aromatic nitrogens is 4. The normalized spacial score (nSPS) is 18.3. The highest BCUT2D eigenvalue weighted by Gasteiger charge is 2.40. The standard InChI is InChI=1S/C31H35FN6O5/c1-31(29(39)33-14-4-16-40-2)18-42-28(43-19-31)27-37-25(21-7-9-22(32)10-8-21)26(38-27)24-13-15-34-30(36-24)35-17-20-5-11-23(41-3)12-6-20/h5-13,15,28H,4,14,16-19H2,1-3H3,(H,33,39)(H,37,38)(H,34,35,36). The van der Waals surface area contributed by atoms with Crippen molar-refractivity contribution in [1.29, 1.82) is 0 Å². The zero-order chi connectivity index (χ0) is 30.2. The Morgan fingerprint density at radius 2 is 1.81 bits per heavy atom. The van der Waals surface area contributed by atoms with E-state index in [-0.39, 0.29) is 24.9 Å². The number of nitrogens with one attached hydrogen (secondary N) is 3. The molecule has 5 rings (SSSR count). The number of benzene rings is 2. The zero-order valence-electron chi connectivity index (χ0n) is 24.4. The molecule has 43 heavy (non-hydrogen) atoms. The van der Waals surface area contributed by atoms with Gasteiger partial charge < -0.3 is 34.6 Å². The number of methoxy groups -OCH3 is 2. The Hall–Kier alpha value is -4.39. The predicted octanol–water partition coefficient (Wildman–Crippen LogP) is 4.50. The number of hydrogen-bond acceptors (Lipinski definition) is 9. The first-order chi connectivity index (χ1) is 20.9. The monoisotopic (exact) mass is 590 g/mol. The number of nitrogens with zero attached hydrogens (tertiary/aromatic N) is 3. The zero-order valence-corrected chi connectivity index (χ0v) is 24.4. The number of imidazole rings is 1. The van der Waals surface area contributed by atoms with Crippen molar-refractivity contribution in [3.05, 3.63) is 78.0 Å². The van der Waals surface area contributed by atoms with Crippen LogP contribution in [0, 0.1) is 11.2 Å². The summed E-state index contributed by atoms with van der Waals surface area (Å²) < 4.78 is 36.0. The minimum absolute atomic E-state index is 0.141. The van der Waals surface area contributed by atoms with Crippen LogP contribution in [0.5, 0.6) is 5.75 Å². The average Bonchev–Trinajstić information content (AvgIpc) is 3.48. The molecule has 2 aromatic carbocycles. The highest BCUT2D eigenvalue weighted by atomic mass is 19.1. The quantitative estimate of drug-likeness (QED) is 0.204. The number of anilines is 1. The maximum atomic E-state index is 13.8. The second kappa shape index (κ2) is 13.7. The van der Waals surface area contributed by atoms with E-state index in [1.807, 2.05) is 24.3 Å². The van der Waals surface area contributed by atoms with Crippen LogP contribution in [-0.4, -0.2) is 66.4 Å². The fourth-order valence-corrected chi connectivity index (χ4v) is 4.54. The number of ether oxygens (including phenoxy) is 4. The smallest absolute Gasteiger partial charge is 0.230 e. The molecule has 3 N–H and O–H groups in total. The summed E-state index contributed by atoms with van der Waals surface area (Å²) in [5.41, 5.74) is 2.57. The van der Waals surface area contributed by atoms with E-state index in [4.69, 9.17) is 28.9 Å². The number of H-pyrrole nitrogens is 1. The largest absolute Gasteiger partial charge is 0.497 e. The molecule has 1 aliphatic rings. The number of rotatable bonds is 12. The van der Waals surface area contributed by atoms with Crippen LogP contribution in [0.3, 0.4) is 0 Å². The Morgan fingerprint density at radius 1 is 1.07 bits per heavy atom. The van der Waals surface area contributed by atoms with Crippen LogP contribution < -0.4 is 15.4 Å². The van der Waals surface area contributed by atoms with Gasteiger partial charge in [-0.3, -0.25) is 4.79 Å². The number of hydrogen-bond donors (Lipinski definition) is 3. The van der Waals surface area contributed by atoms with Gasteiger partial charge in [0.25, 0.3) is 0 Å². The number of carbonyl (C=O) groups is 1. The van der Waals surface area contributed by atoms with Gasteiger partial charge in [-0.05, 0) is 61.4 Å². The lowest BCUT2D eigenvalue weighted by Crippen LogP contribution is -2.48. The van der Waals surface area contributed by atoms with Crippen molar-refractivity contribution in [2.24, 2.45) is 5.41 Å². The lowest BCUT2D eigenvalue weighted by molar-refractivity contribution is -0.231. The molecule has 1 saturated heterocycles. The molecular formula is C31H35FN6O5. The van der Waals surface area contributed by atoms with Gasteiger partial charge >= 0.3 is 0 Å². The molecule has 0 unspecified atom stereocenters. The third-order valence-corrected chi connectivity index (χ3v) is 7.05. The molecule has 1 amide bonds. The van der Waals surface area contributed by atoms with Crippen molar-refractivity contribution < 1.29 is 28.1 Å². The summed E-state index contributed by atoms with van der Waals surface area (Å²) in [6.45, 7) is 3.66. The molecule has 4 aromatic rings. The van der Waals surface area contributed by atoms with Gasteiger partial charge in [0, 0.05) is 38.6 Å². The van der Waals surface area contributed by atoms with Crippen molar-refractivity contribution >= 4 is 11.9 Å². The second-order valence-corrected chi connectivity index (χ2v) is 10.4. The van der Waals surface area contributed by atoms with E-state index >= 15 is 0 Å². The molecule has 2 aromatic heterocycles. The Morgan fingerprint density at radius 3 is 2.51 bits per heavy atom. The summed E-state index contributed by atoms with van der Waals surface area (Å²) in [4.78, 5) is 29.9. The van der Waals surface area contributed by atoms with Crippen LogP contribution in [0.15, 0.2) is 60.8 Å². The fraction of sp³-hybridized carbons (Fsp3) is 0.355. The van der Waals surface area contributed by atoms with E-state index in [1.165, 1.54) is 12.1 Å². The first-order valence-corrected chi connectivity index (χ1v) is 13.9. The highest BCUT2D eigenvalue weighted by molar-refractivity contribution is 5.82. The minimum Gasteiger partial charge on any atom is -0.497 e. The summed E-state index contributed by atoms with van der Waals surface area (Å²) >= 11 is 0. The number of aromatic amines is 1. The molecular weight excluding hydrogens is 555 g/mol. The minimum atomic E-state index is -0.851. The molecule has 11 nitrogen and oxygen atoms in total. The van der Waals surface area contributed by atoms with E-state index in [1.54, 1.807) is 45.5 Å². The number of carbonyl (C=O) groups excluding carboxylic acids is 1. The average molecular weight is 591 g/mol. The van der Waals surface area contributed by atoms with E-state index in [0.29, 0.717) is 60.5 Å². The molecule has 0 saturated carbocycles. The van der Waals surface area contributed by atoms with Gasteiger partial charge in [0.15, 0.2) is 5.82 Å². The third-order valence-electron chi connectivity index (χ3n) is 7.05. The summed E-state index contributed by atoms with van der Waals surface area (Å²) in [7, 11) is 3.25. The Kier molecular flexibility index (Phi) is 9.60. The Bertz CT molecular complexity index is 1500. The molecule has 0 aliphatic carbocycles. The summed E-state index contributed by atoms with van der Waals surface area (Å²) in [5.74, 6) is 1.11. The predicted molar refractivity (Wildman–Crippen MR) is 158 cm³/mol. The Balaban J connectivity index is 1.35. The van der Waals surface area contributed by atoms with Crippen LogP contribution in [-0.2, 0) is 25.5 Å². The molecule has 12 heteroatoms. The first kappa shape index (κ1) is 30.1. The summed E-state index contributed by atoms with van der Waals surface area (Å²) in [5, 5.41) is 6.16. The topological polar surface area (TPSA) is 133 Å². The van der Waals surface area contributed by atoms with E-state index in [9.17, 15) is 9.18 Å². The fourth-order valence-electron chi connectivity index (χ4n) is 4.54. The highest BCUT2D eigenvalue weighted by Crippen LogP contribution is 2.35. The van der Waals surface area contributed by atoms with Crippen LogP contribution in [0.1, 0.15) is 31.0 Å². The van der Waals surface area contributed by atoms with Gasteiger partial charge in [-0.1, -0.05) is 12.1 Å². The summed E-state index contributed by atoms with van der Waals surface area (Å²) in [6, 6.07) is 15.5. The maximum Gasteiger partial charge on any atom is 0.230 e. The first-order valence-electron chi connectivity index (χ1n) is 13.9. The number of amides is 1. The molecule has 3 heterocycles. The van der Waals surface area contributed by atoms with Gasteiger partial charge in [-0.2, -0.15) is 0 Å². The lowest BCUT2D eigenvalue weighted by atomic mass is 9.91. The summed E-state index contributed by atoms with van der Waals surface area (Å²) in [6.07, 6.45) is 1.53. The molecule has 1 fully saturated rings. The van der Waals surface area contributed by atoms with Crippen LogP contribution in [0.4, 0.5) is 10.3 Å². The van der Waals surface area contributed by atoms with Gasteiger partial charge in [0.2, 0.25) is 18.1 Å². The molecule has 226 valence electrons. The van der Waals surface area contributed by atoms with E-state index in [2.05, 4.69) is 20.6 Å². The van der Waals surface area contributed by atoms with Crippen LogP contribution in [0.25, 0.3) is 22.6 Å². The molecule has 1 aliphatic heterocycles. The third kappa shape index (κ3) is 7.34. The van der Waals surface area contributed by atoms with Gasteiger partial charge in [0.05, 0.1) is 42.8 Å². The lowest BCUT2D eigenvalue weighted by Gasteiger charge is -2.35. The SMILES string of the molecule is COCCCNC(=O)C1(C)COC(c2nc(-c3ccc(F)cc3)c(-c3ccnc(NCc4ccc(OC)cc4)n3)[nH]2)OC1. The van der Waals surface area contributed by atoms with Crippen molar-refractivity contribution in [2.45, 2.75) is 26.2 Å². The van der Waals surface area contributed by atoms with Crippen LogP contribution in [0.2, 0.25) is 0 Å².